The second kappa shape index (κ2) is 6.40. The van der Waals surface area contributed by atoms with Gasteiger partial charge in [0.1, 0.15) is 0 Å². The molecule has 1 N–H and O–H groups in total. The van der Waals surface area contributed by atoms with E-state index in [2.05, 4.69) is 6.92 Å². The Balaban J connectivity index is 2.27. The summed E-state index contributed by atoms with van der Waals surface area (Å²) in [4.78, 5) is 14.0. The fourth-order valence-electron chi connectivity index (χ4n) is 2.82. The molecule has 3 atom stereocenters. The van der Waals surface area contributed by atoms with Crippen LogP contribution in [0, 0.1) is 5.92 Å². The third-order valence-corrected chi connectivity index (χ3v) is 3.86. The molecule has 0 aliphatic heterocycles. The highest BCUT2D eigenvalue weighted by Gasteiger charge is 2.37. The quantitative estimate of drug-likeness (QED) is 0.862. The molecule has 1 aromatic carbocycles. The highest BCUT2D eigenvalue weighted by molar-refractivity contribution is 6.19. The van der Waals surface area contributed by atoms with Crippen LogP contribution in [0.2, 0.25) is 0 Å². The molecule has 1 aliphatic carbocycles. The van der Waals surface area contributed by atoms with Crippen molar-refractivity contribution in [2.45, 2.75) is 38.3 Å². The number of carbonyl (C=O) groups excluding carboxylic acids is 1. The molecule has 1 saturated carbocycles. The molecule has 1 amide bonds. The number of benzene rings is 1. The van der Waals surface area contributed by atoms with E-state index in [1.807, 2.05) is 30.3 Å². The van der Waals surface area contributed by atoms with Crippen LogP contribution in [0.4, 0.5) is 5.69 Å². The Morgan fingerprint density at radius 2 is 2.05 bits per heavy atom. The van der Waals surface area contributed by atoms with E-state index >= 15 is 0 Å². The molecule has 0 bridgehead atoms. The topological polar surface area (TPSA) is 40.5 Å². The Hall–Kier alpha value is -1.06. The molecule has 0 radical (unpaired) electrons. The van der Waals surface area contributed by atoms with Crippen LogP contribution in [0.15, 0.2) is 30.3 Å². The molecular formula is C15H20ClNO2. The van der Waals surface area contributed by atoms with E-state index in [4.69, 9.17) is 11.6 Å². The first-order valence-electron chi connectivity index (χ1n) is 6.74. The van der Waals surface area contributed by atoms with E-state index in [0.717, 1.165) is 18.5 Å². The highest BCUT2D eigenvalue weighted by atomic mass is 35.5. The predicted octanol–water partition coefficient (Wildman–Crippen LogP) is 2.81. The van der Waals surface area contributed by atoms with Crippen molar-refractivity contribution in [1.82, 2.24) is 0 Å². The van der Waals surface area contributed by atoms with Crippen molar-refractivity contribution in [2.75, 3.05) is 10.8 Å². The van der Waals surface area contributed by atoms with Crippen LogP contribution in [-0.4, -0.2) is 29.0 Å². The number of para-hydroxylation sites is 1. The van der Waals surface area contributed by atoms with E-state index < -0.39 is 6.10 Å². The zero-order valence-corrected chi connectivity index (χ0v) is 11.9. The lowest BCUT2D eigenvalue weighted by Crippen LogP contribution is -2.44. The van der Waals surface area contributed by atoms with Crippen molar-refractivity contribution in [1.29, 1.82) is 0 Å². The largest absolute Gasteiger partial charge is 0.391 e. The first-order chi connectivity index (χ1) is 9.13. The molecular weight excluding hydrogens is 262 g/mol. The summed E-state index contributed by atoms with van der Waals surface area (Å²) in [5, 5.41) is 10.2. The third kappa shape index (κ3) is 3.28. The maximum atomic E-state index is 12.3. The maximum Gasteiger partial charge on any atom is 0.228 e. The fraction of sp³-hybridized carbons (Fsp3) is 0.533. The van der Waals surface area contributed by atoms with Gasteiger partial charge in [0.15, 0.2) is 0 Å². The molecule has 0 saturated heterocycles. The Labute approximate surface area is 119 Å². The van der Waals surface area contributed by atoms with Gasteiger partial charge in [-0.3, -0.25) is 4.79 Å². The van der Waals surface area contributed by atoms with E-state index in [9.17, 15) is 9.90 Å². The lowest BCUT2D eigenvalue weighted by atomic mass is 10.1. The van der Waals surface area contributed by atoms with E-state index in [1.165, 1.54) is 0 Å². The number of anilines is 1. The number of aliphatic hydroxyl groups is 1. The lowest BCUT2D eigenvalue weighted by Gasteiger charge is -2.31. The number of alkyl halides is 1. The van der Waals surface area contributed by atoms with Gasteiger partial charge in [0.05, 0.1) is 12.1 Å². The summed E-state index contributed by atoms with van der Waals surface area (Å²) >= 11 is 5.69. The van der Waals surface area contributed by atoms with E-state index in [1.54, 1.807) is 4.90 Å². The average Bonchev–Trinajstić information content (AvgIpc) is 2.70. The Morgan fingerprint density at radius 3 is 2.58 bits per heavy atom. The summed E-state index contributed by atoms with van der Waals surface area (Å²) in [5.41, 5.74) is 0.843. The third-order valence-electron chi connectivity index (χ3n) is 3.67. The first-order valence-corrected chi connectivity index (χ1v) is 7.28. The SMILES string of the molecule is CC1CC(O)C(N(C(=O)CCCl)c2ccccc2)C1. The fourth-order valence-corrected chi connectivity index (χ4v) is 2.98. The molecule has 3 nitrogen and oxygen atoms in total. The van der Waals surface area contributed by atoms with Gasteiger partial charge in [-0.15, -0.1) is 11.6 Å². The summed E-state index contributed by atoms with van der Waals surface area (Å²) < 4.78 is 0. The zero-order valence-electron chi connectivity index (χ0n) is 11.1. The van der Waals surface area contributed by atoms with Crippen molar-refractivity contribution >= 4 is 23.2 Å². The van der Waals surface area contributed by atoms with Gasteiger partial charge < -0.3 is 10.0 Å². The van der Waals surface area contributed by atoms with E-state index in [0.29, 0.717) is 18.2 Å². The smallest absolute Gasteiger partial charge is 0.228 e. The minimum Gasteiger partial charge on any atom is -0.391 e. The van der Waals surface area contributed by atoms with Gasteiger partial charge in [0.25, 0.3) is 0 Å². The van der Waals surface area contributed by atoms with Crippen LogP contribution in [0.5, 0.6) is 0 Å². The summed E-state index contributed by atoms with van der Waals surface area (Å²) in [6.45, 7) is 2.11. The standard InChI is InChI=1S/C15H20ClNO2/c1-11-9-13(14(18)10-11)17(15(19)7-8-16)12-5-3-2-4-6-12/h2-6,11,13-14,18H,7-10H2,1H3. The summed E-state index contributed by atoms with van der Waals surface area (Å²) in [6, 6.07) is 9.40. The van der Waals surface area contributed by atoms with Gasteiger partial charge >= 0.3 is 0 Å². The Kier molecular flexibility index (Phi) is 4.83. The van der Waals surface area contributed by atoms with Gasteiger partial charge in [-0.2, -0.15) is 0 Å². The van der Waals surface area contributed by atoms with Crippen LogP contribution in [0.25, 0.3) is 0 Å². The number of carbonyl (C=O) groups is 1. The molecule has 104 valence electrons. The van der Waals surface area contributed by atoms with Crippen molar-refractivity contribution in [2.24, 2.45) is 5.92 Å². The van der Waals surface area contributed by atoms with Gasteiger partial charge in [-0.05, 0) is 30.9 Å². The number of aliphatic hydroxyl groups excluding tert-OH is 1. The van der Waals surface area contributed by atoms with Crippen molar-refractivity contribution in [3.63, 3.8) is 0 Å². The summed E-state index contributed by atoms with van der Waals surface area (Å²) in [7, 11) is 0. The maximum absolute atomic E-state index is 12.3. The van der Waals surface area contributed by atoms with Gasteiger partial charge in [-0.1, -0.05) is 25.1 Å². The van der Waals surface area contributed by atoms with Crippen LogP contribution >= 0.6 is 11.6 Å². The number of rotatable bonds is 4. The van der Waals surface area contributed by atoms with Crippen LogP contribution in [0.1, 0.15) is 26.2 Å². The summed E-state index contributed by atoms with van der Waals surface area (Å²) in [5.74, 6) is 0.731. The van der Waals surface area contributed by atoms with Gasteiger partial charge in [0, 0.05) is 18.0 Å². The van der Waals surface area contributed by atoms with E-state index in [-0.39, 0.29) is 11.9 Å². The first kappa shape index (κ1) is 14.4. The van der Waals surface area contributed by atoms with Gasteiger partial charge in [-0.25, -0.2) is 0 Å². The normalized spacial score (nSPS) is 26.4. The number of hydrogen-bond donors (Lipinski definition) is 1. The van der Waals surface area contributed by atoms with Crippen molar-refractivity contribution in [3.05, 3.63) is 30.3 Å². The Bertz CT molecular complexity index is 423. The lowest BCUT2D eigenvalue weighted by molar-refractivity contribution is -0.119. The second-order valence-corrected chi connectivity index (χ2v) is 5.63. The predicted molar refractivity (Wildman–Crippen MR) is 77.5 cm³/mol. The summed E-state index contributed by atoms with van der Waals surface area (Å²) in [6.07, 6.45) is 1.44. The van der Waals surface area contributed by atoms with Crippen molar-refractivity contribution in [3.8, 4) is 0 Å². The molecule has 0 aromatic heterocycles. The molecule has 1 fully saturated rings. The van der Waals surface area contributed by atoms with Crippen LogP contribution < -0.4 is 4.90 Å². The minimum absolute atomic E-state index is 0.0145. The highest BCUT2D eigenvalue weighted by Crippen LogP contribution is 2.32. The Morgan fingerprint density at radius 1 is 1.37 bits per heavy atom. The molecule has 1 aliphatic rings. The monoisotopic (exact) mass is 281 g/mol. The molecule has 0 spiro atoms. The van der Waals surface area contributed by atoms with Crippen LogP contribution in [-0.2, 0) is 4.79 Å². The molecule has 1 aromatic rings. The van der Waals surface area contributed by atoms with Crippen molar-refractivity contribution < 1.29 is 9.90 Å². The number of halogens is 1. The zero-order chi connectivity index (χ0) is 13.8. The number of nitrogens with zero attached hydrogens (tertiary/aromatic N) is 1. The molecule has 4 heteroatoms. The van der Waals surface area contributed by atoms with Gasteiger partial charge in [0.2, 0.25) is 5.91 Å². The number of amides is 1. The number of hydrogen-bond acceptors (Lipinski definition) is 2. The van der Waals surface area contributed by atoms with Crippen LogP contribution in [0.3, 0.4) is 0 Å². The second-order valence-electron chi connectivity index (χ2n) is 5.25. The molecule has 0 heterocycles. The molecule has 19 heavy (non-hydrogen) atoms. The average molecular weight is 282 g/mol. The minimum atomic E-state index is -0.450. The molecule has 2 rings (SSSR count). The molecule has 3 unspecified atom stereocenters.